The molecule has 0 aliphatic heterocycles. The molecule has 1 N–H and O–H groups in total. The predicted molar refractivity (Wildman–Crippen MR) is 84.3 cm³/mol. The van der Waals surface area contributed by atoms with Crippen molar-refractivity contribution < 1.29 is 9.47 Å². The van der Waals surface area contributed by atoms with Crippen LogP contribution in [0.3, 0.4) is 0 Å². The molecule has 1 fully saturated rings. The highest BCUT2D eigenvalue weighted by atomic mass is 35.5. The number of benzene rings is 1. The fraction of sp³-hybridized carbons (Fsp3) is 0.400. The van der Waals surface area contributed by atoms with E-state index in [4.69, 9.17) is 21.1 Å². The van der Waals surface area contributed by atoms with Gasteiger partial charge in [-0.1, -0.05) is 11.6 Å². The molecule has 0 radical (unpaired) electrons. The van der Waals surface area contributed by atoms with Gasteiger partial charge in [-0.2, -0.15) is 0 Å². The average Bonchev–Trinajstić information content (AvgIpc) is 3.17. The van der Waals surface area contributed by atoms with Crippen LogP contribution in [0, 0.1) is 0 Å². The van der Waals surface area contributed by atoms with Gasteiger partial charge in [-0.3, -0.25) is 0 Å². The fourth-order valence-electron chi connectivity index (χ4n) is 2.07. The third-order valence-electron chi connectivity index (χ3n) is 3.32. The number of nitrogens with zero attached hydrogens (tertiary/aromatic N) is 1. The van der Waals surface area contributed by atoms with E-state index in [1.165, 1.54) is 12.8 Å². The van der Waals surface area contributed by atoms with Gasteiger partial charge in [0.1, 0.15) is 6.61 Å². The van der Waals surface area contributed by atoms with Gasteiger partial charge in [-0.05, 0) is 18.9 Å². The summed E-state index contributed by atoms with van der Waals surface area (Å²) in [5.74, 6) is 1.40. The van der Waals surface area contributed by atoms with Crippen LogP contribution in [-0.2, 0) is 13.2 Å². The van der Waals surface area contributed by atoms with Gasteiger partial charge < -0.3 is 14.8 Å². The minimum Gasteiger partial charge on any atom is -0.493 e. The SMILES string of the molecule is COc1cc(Cl)cc(CNC2CC2)c1OCc1cscn1. The zero-order chi connectivity index (χ0) is 14.7. The summed E-state index contributed by atoms with van der Waals surface area (Å²) in [6.07, 6.45) is 2.49. The second-order valence-corrected chi connectivity index (χ2v) is 6.18. The molecule has 0 amide bonds. The zero-order valence-electron chi connectivity index (χ0n) is 11.8. The van der Waals surface area contributed by atoms with Crippen molar-refractivity contribution in [2.75, 3.05) is 7.11 Å². The maximum atomic E-state index is 6.16. The van der Waals surface area contributed by atoms with Crippen LogP contribution in [0.2, 0.25) is 5.02 Å². The topological polar surface area (TPSA) is 43.4 Å². The van der Waals surface area contributed by atoms with Gasteiger partial charge in [0, 0.05) is 34.6 Å². The lowest BCUT2D eigenvalue weighted by atomic mass is 10.1. The lowest BCUT2D eigenvalue weighted by molar-refractivity contribution is 0.277. The summed E-state index contributed by atoms with van der Waals surface area (Å²) >= 11 is 7.72. The van der Waals surface area contributed by atoms with Crippen molar-refractivity contribution in [2.24, 2.45) is 0 Å². The van der Waals surface area contributed by atoms with E-state index in [0.717, 1.165) is 23.6 Å². The van der Waals surface area contributed by atoms with Crippen LogP contribution < -0.4 is 14.8 Å². The van der Waals surface area contributed by atoms with E-state index in [-0.39, 0.29) is 0 Å². The molecule has 0 atom stereocenters. The summed E-state index contributed by atoms with van der Waals surface area (Å²) in [7, 11) is 1.62. The number of rotatable bonds is 7. The normalized spacial score (nSPS) is 14.2. The molecule has 112 valence electrons. The number of hydrogen-bond acceptors (Lipinski definition) is 5. The third-order valence-corrected chi connectivity index (χ3v) is 4.18. The molecule has 4 nitrogen and oxygen atoms in total. The van der Waals surface area contributed by atoms with Gasteiger partial charge in [0.2, 0.25) is 0 Å². The molecule has 6 heteroatoms. The van der Waals surface area contributed by atoms with Crippen molar-refractivity contribution >= 4 is 22.9 Å². The quantitative estimate of drug-likeness (QED) is 0.844. The van der Waals surface area contributed by atoms with Crippen LogP contribution in [0.4, 0.5) is 0 Å². The lowest BCUT2D eigenvalue weighted by Crippen LogP contribution is -2.16. The summed E-state index contributed by atoms with van der Waals surface area (Å²) in [6, 6.07) is 4.33. The number of aromatic nitrogens is 1. The Kier molecular flexibility index (Phi) is 4.63. The Balaban J connectivity index is 1.79. The smallest absolute Gasteiger partial charge is 0.166 e. The van der Waals surface area contributed by atoms with Gasteiger partial charge in [-0.15, -0.1) is 11.3 Å². The molecule has 1 aliphatic carbocycles. The molecule has 1 aromatic carbocycles. The molecule has 2 aromatic rings. The summed E-state index contributed by atoms with van der Waals surface area (Å²) in [6.45, 7) is 1.16. The van der Waals surface area contributed by atoms with Crippen LogP contribution in [0.25, 0.3) is 0 Å². The largest absolute Gasteiger partial charge is 0.493 e. The molecule has 0 spiro atoms. The van der Waals surface area contributed by atoms with E-state index in [0.29, 0.717) is 23.4 Å². The van der Waals surface area contributed by atoms with Crippen molar-refractivity contribution in [3.8, 4) is 11.5 Å². The van der Waals surface area contributed by atoms with Crippen molar-refractivity contribution in [3.05, 3.63) is 39.3 Å². The molecule has 0 unspecified atom stereocenters. The third kappa shape index (κ3) is 3.87. The first-order valence-electron chi connectivity index (χ1n) is 6.86. The Hall–Kier alpha value is -1.30. The number of thiazole rings is 1. The van der Waals surface area contributed by atoms with Gasteiger partial charge in [0.05, 0.1) is 18.3 Å². The van der Waals surface area contributed by atoms with E-state index in [1.54, 1.807) is 30.0 Å². The zero-order valence-corrected chi connectivity index (χ0v) is 13.3. The first-order chi connectivity index (χ1) is 10.3. The maximum absolute atomic E-state index is 6.16. The highest BCUT2D eigenvalue weighted by molar-refractivity contribution is 7.07. The molecule has 1 aromatic heterocycles. The Bertz CT molecular complexity index is 600. The molecule has 3 rings (SSSR count). The minimum absolute atomic E-state index is 0.428. The standard InChI is InChI=1S/C15H17ClN2O2S/c1-19-14-5-11(16)4-10(6-17-12-2-3-12)15(14)20-7-13-8-21-9-18-13/h4-5,8-9,12,17H,2-3,6-7H2,1H3. The molecular formula is C15H17ClN2O2S. The number of methoxy groups -OCH3 is 1. The number of hydrogen-bond donors (Lipinski definition) is 1. The van der Waals surface area contributed by atoms with Crippen LogP contribution in [0.1, 0.15) is 24.1 Å². The molecule has 21 heavy (non-hydrogen) atoms. The molecule has 0 saturated heterocycles. The first kappa shape index (κ1) is 14.6. The van der Waals surface area contributed by atoms with Crippen molar-refractivity contribution in [3.63, 3.8) is 0 Å². The first-order valence-corrected chi connectivity index (χ1v) is 8.18. The van der Waals surface area contributed by atoms with Gasteiger partial charge in [0.15, 0.2) is 11.5 Å². The molecule has 1 saturated carbocycles. The molecule has 1 aliphatic rings. The minimum atomic E-state index is 0.428. The number of halogens is 1. The summed E-state index contributed by atoms with van der Waals surface area (Å²) < 4.78 is 11.3. The average molecular weight is 325 g/mol. The molecule has 0 bridgehead atoms. The monoisotopic (exact) mass is 324 g/mol. The summed E-state index contributed by atoms with van der Waals surface area (Å²) in [5, 5.41) is 6.11. The van der Waals surface area contributed by atoms with Gasteiger partial charge in [0.25, 0.3) is 0 Å². The predicted octanol–water partition coefficient (Wildman–Crippen LogP) is 3.64. The second kappa shape index (κ2) is 6.64. The Morgan fingerprint density at radius 2 is 2.29 bits per heavy atom. The van der Waals surface area contributed by atoms with Crippen LogP contribution in [0.5, 0.6) is 11.5 Å². The highest BCUT2D eigenvalue weighted by Crippen LogP contribution is 2.35. The Morgan fingerprint density at radius 1 is 1.43 bits per heavy atom. The molecule has 1 heterocycles. The van der Waals surface area contributed by atoms with Gasteiger partial charge in [-0.25, -0.2) is 4.98 Å². The summed E-state index contributed by atoms with van der Waals surface area (Å²) in [4.78, 5) is 4.23. The summed E-state index contributed by atoms with van der Waals surface area (Å²) in [5.41, 5.74) is 3.73. The van der Waals surface area contributed by atoms with E-state index < -0.39 is 0 Å². The van der Waals surface area contributed by atoms with Crippen molar-refractivity contribution in [2.45, 2.75) is 32.0 Å². The molecular weight excluding hydrogens is 308 g/mol. The lowest BCUT2D eigenvalue weighted by Gasteiger charge is -2.15. The van der Waals surface area contributed by atoms with Crippen molar-refractivity contribution in [1.82, 2.24) is 10.3 Å². The number of ether oxygens (including phenoxy) is 2. The van der Waals surface area contributed by atoms with E-state index in [2.05, 4.69) is 10.3 Å². The van der Waals surface area contributed by atoms with Crippen LogP contribution in [0.15, 0.2) is 23.0 Å². The van der Waals surface area contributed by atoms with Gasteiger partial charge >= 0.3 is 0 Å². The van der Waals surface area contributed by atoms with Crippen molar-refractivity contribution in [1.29, 1.82) is 0 Å². The highest BCUT2D eigenvalue weighted by Gasteiger charge is 2.22. The van der Waals surface area contributed by atoms with Crippen LogP contribution >= 0.6 is 22.9 Å². The second-order valence-electron chi connectivity index (χ2n) is 5.02. The van der Waals surface area contributed by atoms with E-state index in [1.807, 2.05) is 11.4 Å². The fourth-order valence-corrected chi connectivity index (χ4v) is 2.84. The maximum Gasteiger partial charge on any atom is 0.166 e. The Morgan fingerprint density at radius 3 is 2.95 bits per heavy atom. The number of nitrogens with one attached hydrogen (secondary N) is 1. The van der Waals surface area contributed by atoms with E-state index >= 15 is 0 Å². The Labute approximate surface area is 133 Å². The van der Waals surface area contributed by atoms with Crippen LogP contribution in [-0.4, -0.2) is 18.1 Å². The van der Waals surface area contributed by atoms with E-state index in [9.17, 15) is 0 Å².